The molecular formula is C20H23ClN4OS. The largest absolute Gasteiger partial charge is 0.366 e. The molecule has 3 rings (SSSR count). The van der Waals surface area contributed by atoms with Gasteiger partial charge in [0, 0.05) is 31.7 Å². The van der Waals surface area contributed by atoms with Crippen LogP contribution in [-0.4, -0.2) is 48.6 Å². The van der Waals surface area contributed by atoms with Gasteiger partial charge in [-0.2, -0.15) is 0 Å². The third kappa shape index (κ3) is 4.97. The van der Waals surface area contributed by atoms with Gasteiger partial charge in [0.05, 0.1) is 16.4 Å². The number of nitrogens with zero attached hydrogens (tertiary/aromatic N) is 2. The summed E-state index contributed by atoms with van der Waals surface area (Å²) in [5.74, 6) is -0.242. The summed E-state index contributed by atoms with van der Waals surface area (Å²) < 4.78 is 0. The zero-order valence-electron chi connectivity index (χ0n) is 15.2. The lowest BCUT2D eigenvalue weighted by atomic mass is 10.2. The first-order chi connectivity index (χ1) is 13.1. The van der Waals surface area contributed by atoms with E-state index < -0.39 is 0 Å². The maximum atomic E-state index is 12.3. The van der Waals surface area contributed by atoms with Gasteiger partial charge in [-0.3, -0.25) is 10.1 Å². The molecule has 0 saturated carbocycles. The highest BCUT2D eigenvalue weighted by atomic mass is 35.5. The van der Waals surface area contributed by atoms with Gasteiger partial charge in [-0.25, -0.2) is 0 Å². The molecule has 142 valence electrons. The Hall–Kier alpha value is -2.15. The van der Waals surface area contributed by atoms with Gasteiger partial charge in [-0.1, -0.05) is 42.8 Å². The zero-order valence-corrected chi connectivity index (χ0v) is 16.8. The number of amides is 1. The van der Waals surface area contributed by atoms with Crippen molar-refractivity contribution >= 4 is 46.2 Å². The molecule has 1 heterocycles. The maximum absolute atomic E-state index is 12.3. The minimum Gasteiger partial charge on any atom is -0.366 e. The number of nitrogens with one attached hydrogen (secondary N) is 2. The van der Waals surface area contributed by atoms with Crippen LogP contribution < -0.4 is 15.5 Å². The van der Waals surface area contributed by atoms with Crippen LogP contribution >= 0.6 is 23.8 Å². The second-order valence-corrected chi connectivity index (χ2v) is 7.15. The van der Waals surface area contributed by atoms with Gasteiger partial charge in [-0.15, -0.1) is 0 Å². The highest BCUT2D eigenvalue weighted by Gasteiger charge is 2.21. The van der Waals surface area contributed by atoms with Crippen LogP contribution in [0.3, 0.4) is 0 Å². The van der Waals surface area contributed by atoms with Crippen molar-refractivity contribution < 1.29 is 4.79 Å². The van der Waals surface area contributed by atoms with E-state index in [2.05, 4.69) is 27.4 Å². The van der Waals surface area contributed by atoms with E-state index in [1.807, 2.05) is 36.4 Å². The lowest BCUT2D eigenvalue weighted by Crippen LogP contribution is -2.46. The topological polar surface area (TPSA) is 47.6 Å². The van der Waals surface area contributed by atoms with E-state index in [0.717, 1.165) is 44.1 Å². The number of thiocarbonyl (C=S) groups is 1. The number of hydrogen-bond donors (Lipinski definition) is 2. The number of likely N-dealkylation sites (N-methyl/N-ethyl adjacent to an activating group) is 1. The van der Waals surface area contributed by atoms with Crippen molar-refractivity contribution in [1.29, 1.82) is 0 Å². The summed E-state index contributed by atoms with van der Waals surface area (Å²) in [5, 5.41) is 6.77. The summed E-state index contributed by atoms with van der Waals surface area (Å²) in [7, 11) is 0. The average molecular weight is 403 g/mol. The van der Waals surface area contributed by atoms with E-state index in [-0.39, 0.29) is 11.0 Å². The molecule has 2 aromatic carbocycles. The Kier molecular flexibility index (Phi) is 6.66. The Morgan fingerprint density at radius 3 is 2.44 bits per heavy atom. The number of hydrogen-bond acceptors (Lipinski definition) is 4. The molecule has 2 aromatic rings. The number of anilines is 2. The van der Waals surface area contributed by atoms with Crippen LogP contribution in [-0.2, 0) is 0 Å². The van der Waals surface area contributed by atoms with Crippen molar-refractivity contribution in [3.8, 4) is 0 Å². The fraction of sp³-hybridized carbons (Fsp3) is 0.300. The number of para-hydroxylation sites is 1. The third-order valence-corrected chi connectivity index (χ3v) is 5.14. The van der Waals surface area contributed by atoms with Crippen molar-refractivity contribution in [2.24, 2.45) is 0 Å². The van der Waals surface area contributed by atoms with Crippen molar-refractivity contribution in [1.82, 2.24) is 10.2 Å². The lowest BCUT2D eigenvalue weighted by molar-refractivity contribution is 0.0977. The molecule has 0 spiro atoms. The van der Waals surface area contributed by atoms with E-state index >= 15 is 0 Å². The minimum absolute atomic E-state index is 0.242. The molecule has 2 N–H and O–H groups in total. The normalized spacial score (nSPS) is 14.7. The lowest BCUT2D eigenvalue weighted by Gasteiger charge is -2.37. The third-order valence-electron chi connectivity index (χ3n) is 4.63. The Balaban J connectivity index is 1.70. The molecule has 0 atom stereocenters. The van der Waals surface area contributed by atoms with E-state index in [0.29, 0.717) is 10.6 Å². The molecule has 0 radical (unpaired) electrons. The zero-order chi connectivity index (χ0) is 19.2. The van der Waals surface area contributed by atoms with Gasteiger partial charge in [0.15, 0.2) is 5.11 Å². The molecule has 0 bridgehead atoms. The molecule has 0 unspecified atom stereocenters. The van der Waals surface area contributed by atoms with E-state index in [4.69, 9.17) is 23.8 Å². The standard InChI is InChI=1S/C20H23ClN4OS/c1-2-24-11-13-25(14-12-24)18-16(21)9-6-10-17(18)22-20(27)23-19(26)15-7-4-3-5-8-15/h3-10H,2,11-14H2,1H3,(H2,22,23,26,27). The van der Waals surface area contributed by atoms with Gasteiger partial charge in [0.25, 0.3) is 5.91 Å². The van der Waals surface area contributed by atoms with Crippen LogP contribution in [0.5, 0.6) is 0 Å². The average Bonchev–Trinajstić information content (AvgIpc) is 2.69. The van der Waals surface area contributed by atoms with Gasteiger partial charge in [0.2, 0.25) is 0 Å². The predicted molar refractivity (Wildman–Crippen MR) is 116 cm³/mol. The molecule has 27 heavy (non-hydrogen) atoms. The second-order valence-electron chi connectivity index (χ2n) is 6.33. The molecule has 0 aromatic heterocycles. The first-order valence-electron chi connectivity index (χ1n) is 9.01. The van der Waals surface area contributed by atoms with E-state index in [9.17, 15) is 4.79 Å². The Labute approximate surface area is 170 Å². The highest BCUT2D eigenvalue weighted by Crippen LogP contribution is 2.34. The molecular weight excluding hydrogens is 380 g/mol. The monoisotopic (exact) mass is 402 g/mol. The molecule has 7 heteroatoms. The Morgan fingerprint density at radius 2 is 1.78 bits per heavy atom. The summed E-state index contributed by atoms with van der Waals surface area (Å²) in [6.45, 7) is 7.01. The maximum Gasteiger partial charge on any atom is 0.257 e. The quantitative estimate of drug-likeness (QED) is 0.765. The second kappa shape index (κ2) is 9.17. The number of rotatable bonds is 4. The van der Waals surface area contributed by atoms with Gasteiger partial charge in [0.1, 0.15) is 0 Å². The molecule has 1 fully saturated rings. The summed E-state index contributed by atoms with van der Waals surface area (Å²) >= 11 is 11.8. The van der Waals surface area contributed by atoms with Crippen LogP contribution in [0.2, 0.25) is 5.02 Å². The minimum atomic E-state index is -0.242. The fourth-order valence-corrected chi connectivity index (χ4v) is 3.64. The van der Waals surface area contributed by atoms with Crippen molar-refractivity contribution in [3.63, 3.8) is 0 Å². The molecule has 1 aliphatic heterocycles. The number of carbonyl (C=O) groups is 1. The number of carbonyl (C=O) groups excluding carboxylic acids is 1. The predicted octanol–water partition coefficient (Wildman–Crippen LogP) is 3.61. The summed E-state index contributed by atoms with van der Waals surface area (Å²) in [6.07, 6.45) is 0. The molecule has 1 aliphatic rings. The summed E-state index contributed by atoms with van der Waals surface area (Å²) in [6, 6.07) is 14.7. The fourth-order valence-electron chi connectivity index (χ4n) is 3.14. The van der Waals surface area contributed by atoms with Crippen LogP contribution in [0, 0.1) is 0 Å². The highest BCUT2D eigenvalue weighted by molar-refractivity contribution is 7.80. The molecule has 5 nitrogen and oxygen atoms in total. The first-order valence-corrected chi connectivity index (χ1v) is 9.80. The van der Waals surface area contributed by atoms with E-state index in [1.54, 1.807) is 12.1 Å². The number of piperazine rings is 1. The smallest absolute Gasteiger partial charge is 0.257 e. The first kappa shape index (κ1) is 19.6. The van der Waals surface area contributed by atoms with Crippen LogP contribution in [0.1, 0.15) is 17.3 Å². The van der Waals surface area contributed by atoms with Gasteiger partial charge in [-0.05, 0) is 43.0 Å². The SMILES string of the molecule is CCN1CCN(c2c(Cl)cccc2NC(=S)NC(=O)c2ccccc2)CC1. The van der Waals surface area contributed by atoms with Crippen LogP contribution in [0.25, 0.3) is 0 Å². The van der Waals surface area contributed by atoms with Crippen molar-refractivity contribution in [2.75, 3.05) is 42.9 Å². The number of halogens is 1. The number of benzene rings is 2. The molecule has 1 amide bonds. The Bertz CT molecular complexity index is 807. The van der Waals surface area contributed by atoms with Gasteiger partial charge >= 0.3 is 0 Å². The molecule has 1 saturated heterocycles. The van der Waals surface area contributed by atoms with Gasteiger partial charge < -0.3 is 15.1 Å². The van der Waals surface area contributed by atoms with Crippen LogP contribution in [0.4, 0.5) is 11.4 Å². The summed E-state index contributed by atoms with van der Waals surface area (Å²) in [5.41, 5.74) is 2.28. The summed E-state index contributed by atoms with van der Waals surface area (Å²) in [4.78, 5) is 17.0. The van der Waals surface area contributed by atoms with Crippen LogP contribution in [0.15, 0.2) is 48.5 Å². The molecule has 0 aliphatic carbocycles. The van der Waals surface area contributed by atoms with E-state index in [1.165, 1.54) is 0 Å². The Morgan fingerprint density at radius 1 is 1.07 bits per heavy atom. The van der Waals surface area contributed by atoms with Crippen molar-refractivity contribution in [3.05, 3.63) is 59.1 Å². The van der Waals surface area contributed by atoms with Crippen molar-refractivity contribution in [2.45, 2.75) is 6.92 Å².